The summed E-state index contributed by atoms with van der Waals surface area (Å²) in [6.45, 7) is 0.206. The number of halogens is 1. The van der Waals surface area contributed by atoms with Crippen LogP contribution < -0.4 is 5.32 Å². The second-order valence-corrected chi connectivity index (χ2v) is 6.10. The molecule has 1 aromatic carbocycles. The molecule has 0 bridgehead atoms. The summed E-state index contributed by atoms with van der Waals surface area (Å²) in [5.74, 6) is 0.783. The lowest BCUT2D eigenvalue weighted by Crippen LogP contribution is -2.27. The molecule has 0 aromatic heterocycles. The predicted molar refractivity (Wildman–Crippen MR) is 79.8 cm³/mol. The monoisotopic (exact) mass is 311 g/mol. The normalized spacial score (nSPS) is 18.6. The molecule has 0 heterocycles. The van der Waals surface area contributed by atoms with Gasteiger partial charge in [0.1, 0.15) is 0 Å². The molecule has 2 N–H and O–H groups in total. The fraction of sp³-hybridized carbons (Fsp3) is 0.600. The van der Waals surface area contributed by atoms with Crippen molar-refractivity contribution in [2.75, 3.05) is 11.9 Å². The summed E-state index contributed by atoms with van der Waals surface area (Å²) in [5.41, 5.74) is 1.08. The van der Waals surface area contributed by atoms with Crippen molar-refractivity contribution >= 4 is 21.6 Å². The van der Waals surface area contributed by atoms with Crippen molar-refractivity contribution in [3.8, 4) is 0 Å². The van der Waals surface area contributed by atoms with Crippen molar-refractivity contribution in [1.29, 1.82) is 0 Å². The molecular formula is C15H22BrNO. The Morgan fingerprint density at radius 3 is 2.61 bits per heavy atom. The van der Waals surface area contributed by atoms with E-state index in [0.717, 1.165) is 22.5 Å². The Morgan fingerprint density at radius 2 is 1.94 bits per heavy atom. The number of benzene rings is 1. The summed E-state index contributed by atoms with van der Waals surface area (Å²) in [6, 6.07) is 8.27. The number of anilines is 1. The van der Waals surface area contributed by atoms with Gasteiger partial charge in [-0.2, -0.15) is 0 Å². The maximum absolute atomic E-state index is 9.53. The highest BCUT2D eigenvalue weighted by atomic mass is 79.9. The molecule has 1 aliphatic rings. The molecule has 2 rings (SSSR count). The van der Waals surface area contributed by atoms with E-state index in [1.807, 2.05) is 24.3 Å². The minimum Gasteiger partial charge on any atom is -0.394 e. The van der Waals surface area contributed by atoms with Gasteiger partial charge in [0.05, 0.1) is 6.61 Å². The molecule has 100 valence electrons. The van der Waals surface area contributed by atoms with Crippen molar-refractivity contribution in [3.63, 3.8) is 0 Å². The lowest BCUT2D eigenvalue weighted by atomic mass is 9.85. The number of aliphatic hydroxyl groups is 1. The third kappa shape index (κ3) is 3.99. The summed E-state index contributed by atoms with van der Waals surface area (Å²) in [4.78, 5) is 0. The molecule has 0 amide bonds. The van der Waals surface area contributed by atoms with Gasteiger partial charge >= 0.3 is 0 Å². The maximum atomic E-state index is 9.53. The van der Waals surface area contributed by atoms with Gasteiger partial charge < -0.3 is 10.4 Å². The average Bonchev–Trinajstić information content (AvgIpc) is 2.41. The molecule has 1 unspecified atom stereocenters. The van der Waals surface area contributed by atoms with Crippen LogP contribution in [0.15, 0.2) is 28.7 Å². The van der Waals surface area contributed by atoms with E-state index in [4.69, 9.17) is 0 Å². The van der Waals surface area contributed by atoms with E-state index in [1.54, 1.807) is 0 Å². The molecule has 1 atom stereocenters. The summed E-state index contributed by atoms with van der Waals surface area (Å²) in [7, 11) is 0. The topological polar surface area (TPSA) is 32.3 Å². The minimum absolute atomic E-state index is 0.173. The Hall–Kier alpha value is -0.540. The summed E-state index contributed by atoms with van der Waals surface area (Å²) < 4.78 is 1.06. The Bertz CT molecular complexity index is 363. The second kappa shape index (κ2) is 7.15. The van der Waals surface area contributed by atoms with Gasteiger partial charge in [-0.3, -0.25) is 0 Å². The number of nitrogens with one attached hydrogen (secondary N) is 1. The van der Waals surface area contributed by atoms with E-state index in [0.29, 0.717) is 0 Å². The fourth-order valence-corrected chi connectivity index (χ4v) is 3.20. The molecule has 18 heavy (non-hydrogen) atoms. The average molecular weight is 312 g/mol. The van der Waals surface area contributed by atoms with E-state index in [9.17, 15) is 5.11 Å². The van der Waals surface area contributed by atoms with E-state index >= 15 is 0 Å². The van der Waals surface area contributed by atoms with Crippen LogP contribution in [0.3, 0.4) is 0 Å². The quantitative estimate of drug-likeness (QED) is 0.854. The molecule has 0 saturated heterocycles. The van der Waals surface area contributed by atoms with Crippen LogP contribution in [0.2, 0.25) is 0 Å². The zero-order valence-corrected chi connectivity index (χ0v) is 12.3. The van der Waals surface area contributed by atoms with Crippen molar-refractivity contribution in [2.45, 2.75) is 44.6 Å². The molecule has 1 fully saturated rings. The van der Waals surface area contributed by atoms with Crippen LogP contribution in [0, 0.1) is 5.92 Å². The first-order valence-corrected chi connectivity index (χ1v) is 7.71. The van der Waals surface area contributed by atoms with Crippen molar-refractivity contribution in [3.05, 3.63) is 28.7 Å². The number of aliphatic hydroxyl groups excluding tert-OH is 1. The lowest BCUT2D eigenvalue weighted by Gasteiger charge is -2.27. The predicted octanol–water partition coefficient (Wildman–Crippen LogP) is 4.19. The number of rotatable bonds is 5. The van der Waals surface area contributed by atoms with Gasteiger partial charge in [0.25, 0.3) is 0 Å². The molecule has 1 aromatic rings. The van der Waals surface area contributed by atoms with Gasteiger partial charge in [0.2, 0.25) is 0 Å². The van der Waals surface area contributed by atoms with Crippen LogP contribution in [-0.4, -0.2) is 17.8 Å². The molecule has 1 aliphatic carbocycles. The zero-order valence-electron chi connectivity index (χ0n) is 10.7. The van der Waals surface area contributed by atoms with Gasteiger partial charge in [0.15, 0.2) is 0 Å². The highest BCUT2D eigenvalue weighted by molar-refractivity contribution is 9.10. The van der Waals surface area contributed by atoms with Gasteiger partial charge in [-0.25, -0.2) is 0 Å². The maximum Gasteiger partial charge on any atom is 0.0632 e. The molecule has 3 heteroatoms. The minimum atomic E-state index is 0.173. The van der Waals surface area contributed by atoms with E-state index < -0.39 is 0 Å². The molecule has 0 aliphatic heterocycles. The molecule has 2 nitrogen and oxygen atoms in total. The van der Waals surface area contributed by atoms with Crippen molar-refractivity contribution in [2.24, 2.45) is 5.92 Å². The summed E-state index contributed by atoms with van der Waals surface area (Å²) >= 11 is 3.54. The third-order valence-corrected chi connectivity index (χ3v) is 4.49. The van der Waals surface area contributed by atoms with Crippen LogP contribution in [-0.2, 0) is 0 Å². The first-order valence-electron chi connectivity index (χ1n) is 6.91. The smallest absolute Gasteiger partial charge is 0.0632 e. The van der Waals surface area contributed by atoms with Crippen LogP contribution in [0.25, 0.3) is 0 Å². The number of para-hydroxylation sites is 1. The highest BCUT2D eigenvalue weighted by Crippen LogP contribution is 2.29. The van der Waals surface area contributed by atoms with Crippen LogP contribution in [0.5, 0.6) is 0 Å². The Labute approximate surface area is 118 Å². The number of hydrogen-bond acceptors (Lipinski definition) is 2. The third-order valence-electron chi connectivity index (χ3n) is 3.80. The van der Waals surface area contributed by atoms with E-state index in [1.165, 1.54) is 32.1 Å². The largest absolute Gasteiger partial charge is 0.394 e. The molecule has 1 saturated carbocycles. The number of hydrogen-bond donors (Lipinski definition) is 2. The highest BCUT2D eigenvalue weighted by Gasteiger charge is 2.18. The van der Waals surface area contributed by atoms with Crippen molar-refractivity contribution < 1.29 is 5.11 Å². The van der Waals surface area contributed by atoms with Gasteiger partial charge in [-0.15, -0.1) is 0 Å². The zero-order chi connectivity index (χ0) is 12.8. The van der Waals surface area contributed by atoms with Gasteiger partial charge in [-0.1, -0.05) is 44.2 Å². The molecule has 0 radical (unpaired) electrons. The lowest BCUT2D eigenvalue weighted by molar-refractivity contribution is 0.237. The fourth-order valence-electron chi connectivity index (χ4n) is 2.80. The second-order valence-electron chi connectivity index (χ2n) is 5.24. The van der Waals surface area contributed by atoms with Crippen LogP contribution >= 0.6 is 15.9 Å². The summed E-state index contributed by atoms with van der Waals surface area (Å²) in [5, 5.41) is 13.0. The Morgan fingerprint density at radius 1 is 1.22 bits per heavy atom. The van der Waals surface area contributed by atoms with E-state index in [-0.39, 0.29) is 12.6 Å². The van der Waals surface area contributed by atoms with Crippen molar-refractivity contribution in [1.82, 2.24) is 0 Å². The Balaban J connectivity index is 1.90. The summed E-state index contributed by atoms with van der Waals surface area (Å²) in [6.07, 6.45) is 7.84. The first-order chi connectivity index (χ1) is 8.79. The first kappa shape index (κ1) is 13.9. The van der Waals surface area contributed by atoms with Gasteiger partial charge in [-0.05, 0) is 40.4 Å². The van der Waals surface area contributed by atoms with Crippen LogP contribution in [0.1, 0.15) is 38.5 Å². The Kier molecular flexibility index (Phi) is 5.51. The SMILES string of the molecule is OCC(CC1CCCCC1)Nc1ccccc1Br. The molecule has 0 spiro atoms. The van der Waals surface area contributed by atoms with E-state index in [2.05, 4.69) is 21.2 Å². The van der Waals surface area contributed by atoms with Gasteiger partial charge in [0, 0.05) is 16.2 Å². The standard InChI is InChI=1S/C15H22BrNO/c16-14-8-4-5-9-15(14)17-13(11-18)10-12-6-2-1-3-7-12/h4-5,8-9,12-13,17-18H,1-3,6-7,10-11H2. The van der Waals surface area contributed by atoms with Crippen LogP contribution in [0.4, 0.5) is 5.69 Å². The molecular weight excluding hydrogens is 290 g/mol.